The van der Waals surface area contributed by atoms with Crippen molar-refractivity contribution in [2.45, 2.75) is 32.2 Å². The van der Waals surface area contributed by atoms with E-state index in [0.717, 1.165) is 23.4 Å². The van der Waals surface area contributed by atoms with E-state index in [9.17, 15) is 14.4 Å². The molecule has 2 aliphatic rings. The van der Waals surface area contributed by atoms with E-state index < -0.39 is 17.4 Å². The number of hydrogen-bond donors (Lipinski definition) is 1. The number of barbiturate groups is 1. The van der Waals surface area contributed by atoms with Crippen LogP contribution in [0.5, 0.6) is 0 Å². The van der Waals surface area contributed by atoms with Gasteiger partial charge in [0.25, 0.3) is 0 Å². The van der Waals surface area contributed by atoms with Crippen LogP contribution in [0.15, 0.2) is 12.3 Å². The maximum absolute atomic E-state index is 12.6. The minimum Gasteiger partial charge on any atom is -0.277 e. The fourth-order valence-electron chi connectivity index (χ4n) is 3.01. The summed E-state index contributed by atoms with van der Waals surface area (Å²) in [5.41, 5.74) is -0.289. The molecule has 0 unspecified atom stereocenters. The van der Waals surface area contributed by atoms with E-state index in [1.807, 2.05) is 0 Å². The molecule has 1 saturated carbocycles. The van der Waals surface area contributed by atoms with Crippen molar-refractivity contribution in [2.24, 2.45) is 12.5 Å². The third-order valence-corrected chi connectivity index (χ3v) is 4.25. The molecule has 1 N–H and O–H groups in total. The summed E-state index contributed by atoms with van der Waals surface area (Å²) in [6, 6.07) is 1.11. The predicted octanol–water partition coefficient (Wildman–Crippen LogP) is 0.559. The second-order valence-corrected chi connectivity index (χ2v) is 5.39. The Kier molecular flexibility index (Phi) is 2.84. The summed E-state index contributed by atoms with van der Waals surface area (Å²) in [6.45, 7) is 0.135. The largest absolute Gasteiger partial charge is 0.331 e. The average Bonchev–Trinajstić information content (AvgIpc) is 3.03. The number of aryl methyl sites for hydroxylation is 1. The van der Waals surface area contributed by atoms with Gasteiger partial charge >= 0.3 is 6.03 Å². The maximum Gasteiger partial charge on any atom is 0.331 e. The topological polar surface area (TPSA) is 84.3 Å². The molecule has 7 nitrogen and oxygen atoms in total. The molecule has 1 aromatic heterocycles. The van der Waals surface area contributed by atoms with Gasteiger partial charge in [0, 0.05) is 13.2 Å². The van der Waals surface area contributed by atoms with Gasteiger partial charge in [0.2, 0.25) is 11.8 Å². The lowest BCUT2D eigenvalue weighted by molar-refractivity contribution is -0.151. The number of nitrogens with one attached hydrogen (secondary N) is 1. The third kappa shape index (κ3) is 1.73. The molecule has 2 fully saturated rings. The van der Waals surface area contributed by atoms with Crippen LogP contribution in [0.2, 0.25) is 0 Å². The van der Waals surface area contributed by atoms with Gasteiger partial charge in [0.1, 0.15) is 5.41 Å². The van der Waals surface area contributed by atoms with Crippen molar-refractivity contribution in [3.63, 3.8) is 0 Å². The van der Waals surface area contributed by atoms with E-state index in [2.05, 4.69) is 10.4 Å². The fourth-order valence-corrected chi connectivity index (χ4v) is 3.01. The van der Waals surface area contributed by atoms with E-state index in [0.29, 0.717) is 12.8 Å². The number of rotatable bonds is 2. The minimum absolute atomic E-state index is 0.135. The van der Waals surface area contributed by atoms with Crippen molar-refractivity contribution in [3.05, 3.63) is 18.0 Å². The van der Waals surface area contributed by atoms with Crippen LogP contribution in [0.1, 0.15) is 31.4 Å². The molecule has 1 saturated heterocycles. The molecule has 3 rings (SSSR count). The molecule has 0 atom stereocenters. The average molecular weight is 276 g/mol. The monoisotopic (exact) mass is 276 g/mol. The molecular weight excluding hydrogens is 260 g/mol. The molecule has 7 heteroatoms. The highest BCUT2D eigenvalue weighted by Crippen LogP contribution is 2.42. The van der Waals surface area contributed by atoms with Crippen molar-refractivity contribution >= 4 is 17.8 Å². The summed E-state index contributed by atoms with van der Waals surface area (Å²) in [4.78, 5) is 37.7. The summed E-state index contributed by atoms with van der Waals surface area (Å²) in [5, 5.41) is 6.34. The number of amides is 4. The second kappa shape index (κ2) is 4.43. The van der Waals surface area contributed by atoms with E-state index >= 15 is 0 Å². The molecule has 0 radical (unpaired) electrons. The first-order valence-corrected chi connectivity index (χ1v) is 6.69. The first-order chi connectivity index (χ1) is 9.54. The van der Waals surface area contributed by atoms with Crippen LogP contribution >= 0.6 is 0 Å². The van der Waals surface area contributed by atoms with Gasteiger partial charge < -0.3 is 0 Å². The molecule has 1 aliphatic heterocycles. The lowest BCUT2D eigenvalue weighted by atomic mass is 9.82. The standard InChI is InChI=1S/C13H16N4O3/c1-16-9(4-7-14-16)8-17-11(19)13(5-2-3-6-13)10(18)15-12(17)20/h4,7H,2-3,5-6,8H2,1H3,(H,15,18,20). The lowest BCUT2D eigenvalue weighted by Crippen LogP contribution is -2.62. The molecular formula is C13H16N4O3. The minimum atomic E-state index is -1.04. The molecule has 4 amide bonds. The number of nitrogens with zero attached hydrogens (tertiary/aromatic N) is 3. The van der Waals surface area contributed by atoms with Gasteiger partial charge in [-0.2, -0.15) is 5.10 Å². The summed E-state index contributed by atoms with van der Waals surface area (Å²) in [7, 11) is 1.75. The molecule has 1 aromatic rings. The van der Waals surface area contributed by atoms with Gasteiger partial charge in [-0.05, 0) is 18.9 Å². The molecule has 0 bridgehead atoms. The first-order valence-electron chi connectivity index (χ1n) is 6.69. The normalized spacial score (nSPS) is 21.6. The molecule has 106 valence electrons. The number of carbonyl (C=O) groups is 3. The van der Waals surface area contributed by atoms with Crippen molar-refractivity contribution in [2.75, 3.05) is 0 Å². The Morgan fingerprint density at radius 2 is 2.00 bits per heavy atom. The van der Waals surface area contributed by atoms with Crippen molar-refractivity contribution in [3.8, 4) is 0 Å². The Morgan fingerprint density at radius 1 is 1.30 bits per heavy atom. The zero-order chi connectivity index (χ0) is 14.3. The SMILES string of the molecule is Cn1nccc1CN1C(=O)NC(=O)C2(CCCC2)C1=O. The Bertz CT molecular complexity index is 586. The highest BCUT2D eigenvalue weighted by Gasteiger charge is 2.54. The van der Waals surface area contributed by atoms with Crippen molar-refractivity contribution in [1.29, 1.82) is 0 Å². The van der Waals surface area contributed by atoms with Gasteiger partial charge in [-0.3, -0.25) is 24.5 Å². The van der Waals surface area contributed by atoms with Gasteiger partial charge in [0.15, 0.2) is 0 Å². The van der Waals surface area contributed by atoms with Crippen LogP contribution in [0.3, 0.4) is 0 Å². The fraction of sp³-hybridized carbons (Fsp3) is 0.538. The van der Waals surface area contributed by atoms with Crippen LogP contribution in [0.4, 0.5) is 4.79 Å². The number of urea groups is 1. The molecule has 20 heavy (non-hydrogen) atoms. The molecule has 0 aromatic carbocycles. The summed E-state index contributed by atoms with van der Waals surface area (Å²) in [6.07, 6.45) is 4.33. The van der Waals surface area contributed by atoms with Crippen LogP contribution in [0, 0.1) is 5.41 Å². The van der Waals surface area contributed by atoms with E-state index in [-0.39, 0.29) is 12.5 Å². The summed E-state index contributed by atoms with van der Waals surface area (Å²) in [5.74, 6) is -0.809. The summed E-state index contributed by atoms with van der Waals surface area (Å²) >= 11 is 0. The van der Waals surface area contributed by atoms with Crippen molar-refractivity contribution in [1.82, 2.24) is 20.0 Å². The highest BCUT2D eigenvalue weighted by molar-refractivity contribution is 6.19. The first kappa shape index (κ1) is 12.8. The molecule has 1 spiro atoms. The Labute approximate surface area is 115 Å². The van der Waals surface area contributed by atoms with Crippen molar-refractivity contribution < 1.29 is 14.4 Å². The molecule has 1 aliphatic carbocycles. The van der Waals surface area contributed by atoms with E-state index in [1.165, 1.54) is 0 Å². The number of imide groups is 2. The zero-order valence-corrected chi connectivity index (χ0v) is 11.3. The third-order valence-electron chi connectivity index (χ3n) is 4.25. The zero-order valence-electron chi connectivity index (χ0n) is 11.3. The quantitative estimate of drug-likeness (QED) is 0.800. The Morgan fingerprint density at radius 3 is 2.60 bits per heavy atom. The smallest absolute Gasteiger partial charge is 0.277 e. The lowest BCUT2D eigenvalue weighted by Gasteiger charge is -2.36. The number of hydrogen-bond acceptors (Lipinski definition) is 4. The van der Waals surface area contributed by atoms with Gasteiger partial charge in [-0.25, -0.2) is 4.79 Å². The maximum atomic E-state index is 12.6. The Hall–Kier alpha value is -2.18. The van der Waals surface area contributed by atoms with Crippen LogP contribution in [-0.4, -0.2) is 32.5 Å². The number of carbonyl (C=O) groups excluding carboxylic acids is 3. The second-order valence-electron chi connectivity index (χ2n) is 5.39. The predicted molar refractivity (Wildman–Crippen MR) is 68.2 cm³/mol. The Balaban J connectivity index is 1.90. The van der Waals surface area contributed by atoms with Gasteiger partial charge in [-0.1, -0.05) is 12.8 Å². The van der Waals surface area contributed by atoms with E-state index in [4.69, 9.17) is 0 Å². The van der Waals surface area contributed by atoms with Crippen LogP contribution in [-0.2, 0) is 23.2 Å². The van der Waals surface area contributed by atoms with Gasteiger partial charge in [-0.15, -0.1) is 0 Å². The number of aromatic nitrogens is 2. The molecule has 2 heterocycles. The van der Waals surface area contributed by atoms with Crippen LogP contribution < -0.4 is 5.32 Å². The van der Waals surface area contributed by atoms with E-state index in [1.54, 1.807) is 24.0 Å². The van der Waals surface area contributed by atoms with Gasteiger partial charge in [0.05, 0.1) is 12.2 Å². The highest BCUT2D eigenvalue weighted by atomic mass is 16.2. The van der Waals surface area contributed by atoms with Crippen LogP contribution in [0.25, 0.3) is 0 Å². The summed E-state index contributed by atoms with van der Waals surface area (Å²) < 4.78 is 1.61.